The lowest BCUT2D eigenvalue weighted by atomic mass is 9.54. The van der Waals surface area contributed by atoms with E-state index in [1.54, 1.807) is 0 Å². The highest BCUT2D eigenvalue weighted by Gasteiger charge is 2.53. The molecule has 114 valence electrons. The first-order valence-corrected chi connectivity index (χ1v) is 9.71. The van der Waals surface area contributed by atoms with Crippen LogP contribution in [-0.2, 0) is 10.3 Å². The van der Waals surface area contributed by atoms with E-state index in [1.807, 2.05) is 0 Å². The summed E-state index contributed by atoms with van der Waals surface area (Å²) in [5.41, 5.74) is 1.39. The van der Waals surface area contributed by atoms with Gasteiger partial charge in [-0.3, -0.25) is 0 Å². The molecule has 5 rings (SSSR count). The number of hydrogen-bond donors (Lipinski definition) is 0. The average Bonchev–Trinajstić information content (AvgIpc) is 2.36. The second-order valence-electron chi connectivity index (χ2n) is 8.58. The van der Waals surface area contributed by atoms with E-state index in [4.69, 9.17) is 4.74 Å². The van der Waals surface area contributed by atoms with Gasteiger partial charge in [-0.05, 0) is 75.7 Å². The second-order valence-corrected chi connectivity index (χ2v) is 9.73. The zero-order valence-electron chi connectivity index (χ0n) is 13.7. The smallest absolute Gasteiger partial charge is 0.0882 e. The maximum Gasteiger partial charge on any atom is 0.0882 e. The summed E-state index contributed by atoms with van der Waals surface area (Å²) < 4.78 is 6.88. The lowest BCUT2D eigenvalue weighted by Crippen LogP contribution is -2.54. The molecule has 0 aliphatic heterocycles. The van der Waals surface area contributed by atoms with Crippen LogP contribution < -0.4 is 5.19 Å². The fourth-order valence-corrected chi connectivity index (χ4v) is 6.04. The molecule has 4 bridgehead atoms. The van der Waals surface area contributed by atoms with Gasteiger partial charge in [-0.25, -0.2) is 0 Å². The lowest BCUT2D eigenvalue weighted by molar-refractivity contribution is -0.219. The predicted octanol–water partition coefficient (Wildman–Crippen LogP) is 2.90. The molecule has 0 radical (unpaired) electrons. The van der Waals surface area contributed by atoms with E-state index in [9.17, 15) is 0 Å². The number of rotatable bonds is 3. The van der Waals surface area contributed by atoms with Crippen LogP contribution in [0.2, 0.25) is 0 Å². The fourth-order valence-electron chi connectivity index (χ4n) is 5.71. The van der Waals surface area contributed by atoms with Crippen molar-refractivity contribution in [3.8, 4) is 0 Å². The summed E-state index contributed by atoms with van der Waals surface area (Å²) in [5, 5.41) is 1.46. The van der Waals surface area contributed by atoms with Crippen molar-refractivity contribution in [1.29, 1.82) is 0 Å². The third kappa shape index (κ3) is 2.51. The maximum absolute atomic E-state index is 6.88. The Labute approximate surface area is 131 Å². The molecule has 0 spiro atoms. The summed E-state index contributed by atoms with van der Waals surface area (Å²) >= 11 is 0. The minimum absolute atomic E-state index is 0.152. The molecule has 4 saturated carbocycles. The van der Waals surface area contributed by atoms with E-state index in [1.165, 1.54) is 49.3 Å². The monoisotopic (exact) mass is 300 g/mol. The highest BCUT2D eigenvalue weighted by molar-refractivity contribution is 6.32. The third-order valence-electron chi connectivity index (χ3n) is 6.20. The van der Waals surface area contributed by atoms with Crippen LogP contribution in [0.1, 0.15) is 57.9 Å². The molecular weight excluding hydrogens is 272 g/mol. The minimum atomic E-state index is -0.152. The first-order chi connectivity index (χ1) is 9.94. The first kappa shape index (κ1) is 14.0. The molecule has 4 aliphatic carbocycles. The molecular formula is C19H28OSi. The van der Waals surface area contributed by atoms with E-state index >= 15 is 0 Å². The normalized spacial score (nSPS) is 38.1. The maximum atomic E-state index is 6.88. The zero-order chi connectivity index (χ0) is 14.7. The average molecular weight is 301 g/mol. The Kier molecular flexibility index (Phi) is 3.13. The Morgan fingerprint density at radius 2 is 1.43 bits per heavy atom. The minimum Gasteiger partial charge on any atom is -0.364 e. The van der Waals surface area contributed by atoms with Crippen LogP contribution in [0.25, 0.3) is 0 Å². The first-order valence-electron chi connectivity index (χ1n) is 8.71. The highest BCUT2D eigenvalue weighted by atomic mass is 28.1. The van der Waals surface area contributed by atoms with Gasteiger partial charge in [0.25, 0.3) is 0 Å². The van der Waals surface area contributed by atoms with Crippen molar-refractivity contribution < 1.29 is 4.74 Å². The lowest BCUT2D eigenvalue weighted by Gasteiger charge is -2.58. The Morgan fingerprint density at radius 3 is 1.90 bits per heavy atom. The molecule has 1 aromatic rings. The Morgan fingerprint density at radius 1 is 0.952 bits per heavy atom. The molecule has 4 aliphatic rings. The summed E-state index contributed by atoms with van der Waals surface area (Å²) in [7, 11) is 1.13. The molecule has 0 N–H and O–H groups in total. The van der Waals surface area contributed by atoms with E-state index in [-0.39, 0.29) is 11.2 Å². The van der Waals surface area contributed by atoms with Gasteiger partial charge >= 0.3 is 0 Å². The topological polar surface area (TPSA) is 9.23 Å². The van der Waals surface area contributed by atoms with Crippen LogP contribution in [0.5, 0.6) is 0 Å². The van der Waals surface area contributed by atoms with Crippen molar-refractivity contribution in [2.75, 3.05) is 0 Å². The summed E-state index contributed by atoms with van der Waals surface area (Å²) in [6, 6.07) is 9.10. The number of benzene rings is 1. The van der Waals surface area contributed by atoms with Crippen molar-refractivity contribution in [2.45, 2.75) is 63.6 Å². The predicted molar refractivity (Wildman–Crippen MR) is 91.0 cm³/mol. The molecule has 1 nitrogen and oxygen atoms in total. The summed E-state index contributed by atoms with van der Waals surface area (Å²) in [4.78, 5) is 0. The van der Waals surface area contributed by atoms with Crippen LogP contribution in [-0.4, -0.2) is 15.8 Å². The summed E-state index contributed by atoms with van der Waals surface area (Å²) in [6.07, 6.45) is 8.41. The number of hydrogen-bond acceptors (Lipinski definition) is 1. The quantitative estimate of drug-likeness (QED) is 0.780. The summed E-state index contributed by atoms with van der Waals surface area (Å²) in [6.45, 7) is 4.54. The van der Waals surface area contributed by atoms with Gasteiger partial charge in [0, 0.05) is 10.2 Å². The van der Waals surface area contributed by atoms with Gasteiger partial charge in [0.1, 0.15) is 0 Å². The molecule has 0 amide bonds. The van der Waals surface area contributed by atoms with E-state index < -0.39 is 0 Å². The Hall–Kier alpha value is -0.603. The van der Waals surface area contributed by atoms with Crippen LogP contribution >= 0.6 is 0 Å². The molecule has 1 aromatic carbocycles. The van der Waals surface area contributed by atoms with Crippen molar-refractivity contribution in [3.63, 3.8) is 0 Å². The largest absolute Gasteiger partial charge is 0.364 e. The van der Waals surface area contributed by atoms with Gasteiger partial charge in [0.05, 0.1) is 11.2 Å². The van der Waals surface area contributed by atoms with Gasteiger partial charge in [-0.15, -0.1) is 0 Å². The van der Waals surface area contributed by atoms with E-state index in [0.29, 0.717) is 0 Å². The van der Waals surface area contributed by atoms with Crippen molar-refractivity contribution in [2.24, 2.45) is 17.8 Å². The van der Waals surface area contributed by atoms with Crippen LogP contribution in [0.3, 0.4) is 0 Å². The third-order valence-corrected chi connectivity index (χ3v) is 6.87. The summed E-state index contributed by atoms with van der Waals surface area (Å²) in [5.74, 6) is 2.86. The second kappa shape index (κ2) is 4.69. The molecule has 0 saturated heterocycles. The molecule has 4 fully saturated rings. The van der Waals surface area contributed by atoms with Gasteiger partial charge in [0.15, 0.2) is 0 Å². The Bertz CT molecular complexity index is 496. The van der Waals surface area contributed by atoms with Gasteiger partial charge < -0.3 is 4.74 Å². The highest BCUT2D eigenvalue weighted by Crippen LogP contribution is 2.58. The van der Waals surface area contributed by atoms with Crippen molar-refractivity contribution >= 4 is 15.4 Å². The van der Waals surface area contributed by atoms with Gasteiger partial charge in [0.2, 0.25) is 0 Å². The van der Waals surface area contributed by atoms with Crippen LogP contribution in [0, 0.1) is 17.8 Å². The standard InChI is InChI=1S/C19H28OSi/c1-18(2,16-3-5-17(21)6-4-16)20-19-10-13-7-14(11-19)9-15(8-13)12-19/h3-6,13-15H,7-12H2,1-2,21H3. The van der Waals surface area contributed by atoms with Crippen molar-refractivity contribution in [3.05, 3.63) is 29.8 Å². The van der Waals surface area contributed by atoms with E-state index in [2.05, 4.69) is 38.1 Å². The van der Waals surface area contributed by atoms with Crippen LogP contribution in [0.15, 0.2) is 24.3 Å². The SMILES string of the molecule is CC(C)(OC12CC3CC(CC(C3)C1)C2)c1ccc([SiH3])cc1. The molecule has 0 heterocycles. The van der Waals surface area contributed by atoms with E-state index in [0.717, 1.165) is 28.0 Å². The van der Waals surface area contributed by atoms with Crippen LogP contribution in [0.4, 0.5) is 0 Å². The molecule has 0 aromatic heterocycles. The van der Waals surface area contributed by atoms with Gasteiger partial charge in [-0.2, -0.15) is 0 Å². The van der Waals surface area contributed by atoms with Gasteiger partial charge in [-0.1, -0.05) is 29.5 Å². The zero-order valence-corrected chi connectivity index (χ0v) is 15.7. The fraction of sp³-hybridized carbons (Fsp3) is 0.684. The Balaban J connectivity index is 1.58. The molecule has 21 heavy (non-hydrogen) atoms. The van der Waals surface area contributed by atoms with Crippen molar-refractivity contribution in [1.82, 2.24) is 0 Å². The number of ether oxygens (including phenoxy) is 1. The molecule has 2 heteroatoms. The molecule has 0 unspecified atom stereocenters. The molecule has 0 atom stereocenters.